The zero-order valence-electron chi connectivity index (χ0n) is 12.1. The number of benzene rings is 1. The minimum atomic E-state index is -0.182. The third-order valence-electron chi connectivity index (χ3n) is 4.02. The van der Waals surface area contributed by atoms with Gasteiger partial charge in [-0.25, -0.2) is 0 Å². The molecule has 0 N–H and O–H groups in total. The van der Waals surface area contributed by atoms with E-state index < -0.39 is 0 Å². The van der Waals surface area contributed by atoms with Gasteiger partial charge in [0.1, 0.15) is 12.9 Å². The number of hydrogen-bond donors (Lipinski definition) is 0. The summed E-state index contributed by atoms with van der Waals surface area (Å²) in [7, 11) is 0. The van der Waals surface area contributed by atoms with Crippen LogP contribution in [0.3, 0.4) is 0 Å². The van der Waals surface area contributed by atoms with Gasteiger partial charge >= 0.3 is 5.97 Å². The highest BCUT2D eigenvalue weighted by molar-refractivity contribution is 5.79. The summed E-state index contributed by atoms with van der Waals surface area (Å²) >= 11 is 0. The third kappa shape index (κ3) is 2.98. The van der Waals surface area contributed by atoms with Crippen LogP contribution in [0.5, 0.6) is 0 Å². The van der Waals surface area contributed by atoms with Gasteiger partial charge in [0.2, 0.25) is 0 Å². The van der Waals surface area contributed by atoms with E-state index in [-0.39, 0.29) is 23.2 Å². The standard InChI is InChI=1S/C17H20O3/c1-12(10-18)9-14-15(17(14,2)3)16(19)20-11-13-7-5-4-6-8-13/h4-10,14-15H,11H2,1-3H3/b12-9-. The van der Waals surface area contributed by atoms with Crippen LogP contribution in [0.1, 0.15) is 26.3 Å². The molecule has 1 aliphatic carbocycles. The van der Waals surface area contributed by atoms with Gasteiger partial charge in [0.25, 0.3) is 0 Å². The summed E-state index contributed by atoms with van der Waals surface area (Å²) in [5, 5.41) is 0. The molecule has 2 unspecified atom stereocenters. The molecule has 1 saturated carbocycles. The Balaban J connectivity index is 1.95. The topological polar surface area (TPSA) is 43.4 Å². The number of carbonyl (C=O) groups is 2. The second-order valence-electron chi connectivity index (χ2n) is 5.95. The molecular weight excluding hydrogens is 252 g/mol. The smallest absolute Gasteiger partial charge is 0.310 e. The van der Waals surface area contributed by atoms with Gasteiger partial charge in [-0.05, 0) is 29.4 Å². The molecule has 0 radical (unpaired) electrons. The zero-order valence-corrected chi connectivity index (χ0v) is 12.1. The summed E-state index contributed by atoms with van der Waals surface area (Å²) in [6.07, 6.45) is 2.70. The van der Waals surface area contributed by atoms with Crippen LogP contribution >= 0.6 is 0 Å². The van der Waals surface area contributed by atoms with E-state index in [0.717, 1.165) is 11.8 Å². The molecule has 2 atom stereocenters. The number of carbonyl (C=O) groups excluding carboxylic acids is 2. The molecule has 0 aromatic heterocycles. The van der Waals surface area contributed by atoms with Crippen molar-refractivity contribution in [2.45, 2.75) is 27.4 Å². The summed E-state index contributed by atoms with van der Waals surface area (Å²) in [6.45, 7) is 6.12. The van der Waals surface area contributed by atoms with Gasteiger partial charge in [-0.2, -0.15) is 0 Å². The molecule has 0 aliphatic heterocycles. The van der Waals surface area contributed by atoms with Crippen LogP contribution in [0.25, 0.3) is 0 Å². The second-order valence-corrected chi connectivity index (χ2v) is 5.95. The van der Waals surface area contributed by atoms with Crippen molar-refractivity contribution in [1.82, 2.24) is 0 Å². The number of allylic oxidation sites excluding steroid dienone is 2. The van der Waals surface area contributed by atoms with Crippen LogP contribution in [0.2, 0.25) is 0 Å². The van der Waals surface area contributed by atoms with Gasteiger partial charge in [-0.3, -0.25) is 9.59 Å². The summed E-state index contributed by atoms with van der Waals surface area (Å²) < 4.78 is 5.38. The lowest BCUT2D eigenvalue weighted by atomic mass is 10.1. The lowest BCUT2D eigenvalue weighted by molar-refractivity contribution is -0.147. The lowest BCUT2D eigenvalue weighted by Gasteiger charge is -2.05. The Bertz CT molecular complexity index is 528. The quantitative estimate of drug-likeness (QED) is 0.470. The molecule has 0 spiro atoms. The molecule has 1 aromatic rings. The molecule has 2 rings (SSSR count). The van der Waals surface area contributed by atoms with E-state index in [1.807, 2.05) is 50.3 Å². The van der Waals surface area contributed by atoms with Crippen molar-refractivity contribution in [3.8, 4) is 0 Å². The Morgan fingerprint density at radius 3 is 2.55 bits per heavy atom. The first-order valence-corrected chi connectivity index (χ1v) is 6.81. The Morgan fingerprint density at radius 1 is 1.30 bits per heavy atom. The first kappa shape index (κ1) is 14.5. The van der Waals surface area contributed by atoms with Gasteiger partial charge in [0.05, 0.1) is 5.92 Å². The Morgan fingerprint density at radius 2 is 1.95 bits per heavy atom. The van der Waals surface area contributed by atoms with Gasteiger partial charge in [-0.15, -0.1) is 0 Å². The number of hydrogen-bond acceptors (Lipinski definition) is 3. The molecule has 0 bridgehead atoms. The molecular formula is C17H20O3. The number of rotatable bonds is 5. The molecule has 3 nitrogen and oxygen atoms in total. The highest BCUT2D eigenvalue weighted by Crippen LogP contribution is 2.59. The van der Waals surface area contributed by atoms with Crippen molar-refractivity contribution in [2.75, 3.05) is 0 Å². The summed E-state index contributed by atoms with van der Waals surface area (Å²) in [5.41, 5.74) is 1.52. The molecule has 0 heterocycles. The lowest BCUT2D eigenvalue weighted by Crippen LogP contribution is -2.10. The predicted molar refractivity (Wildman–Crippen MR) is 76.8 cm³/mol. The summed E-state index contributed by atoms with van der Waals surface area (Å²) in [5.74, 6) is -0.240. The molecule has 106 valence electrons. The average molecular weight is 272 g/mol. The van der Waals surface area contributed by atoms with E-state index in [4.69, 9.17) is 4.74 Å². The minimum absolute atomic E-state index is 0.0935. The van der Waals surface area contributed by atoms with E-state index in [0.29, 0.717) is 12.2 Å². The molecule has 20 heavy (non-hydrogen) atoms. The van der Waals surface area contributed by atoms with E-state index in [9.17, 15) is 9.59 Å². The first-order valence-electron chi connectivity index (χ1n) is 6.81. The van der Waals surface area contributed by atoms with Crippen LogP contribution in [0.4, 0.5) is 0 Å². The number of aldehydes is 1. The second kappa shape index (κ2) is 5.61. The van der Waals surface area contributed by atoms with Crippen molar-refractivity contribution in [1.29, 1.82) is 0 Å². The predicted octanol–water partition coefficient (Wildman–Crippen LogP) is 3.15. The van der Waals surface area contributed by atoms with E-state index in [1.165, 1.54) is 0 Å². The monoisotopic (exact) mass is 272 g/mol. The fourth-order valence-corrected chi connectivity index (χ4v) is 2.58. The maximum Gasteiger partial charge on any atom is 0.310 e. The molecule has 0 saturated heterocycles. The summed E-state index contributed by atoms with van der Waals surface area (Å²) in [4.78, 5) is 22.8. The maximum atomic E-state index is 12.1. The van der Waals surface area contributed by atoms with Gasteiger partial charge in [0, 0.05) is 0 Å². The van der Waals surface area contributed by atoms with E-state index in [2.05, 4.69) is 0 Å². The fourth-order valence-electron chi connectivity index (χ4n) is 2.58. The zero-order chi connectivity index (χ0) is 14.8. The fraction of sp³-hybridized carbons (Fsp3) is 0.412. The van der Waals surface area contributed by atoms with Gasteiger partial charge in [0.15, 0.2) is 0 Å². The van der Waals surface area contributed by atoms with Crippen LogP contribution in [-0.2, 0) is 20.9 Å². The molecule has 0 amide bonds. The van der Waals surface area contributed by atoms with Crippen LogP contribution in [0.15, 0.2) is 42.0 Å². The van der Waals surface area contributed by atoms with Gasteiger partial charge in [-0.1, -0.05) is 50.3 Å². The molecule has 3 heteroatoms. The molecule has 1 aromatic carbocycles. The van der Waals surface area contributed by atoms with Crippen molar-refractivity contribution in [3.63, 3.8) is 0 Å². The van der Waals surface area contributed by atoms with Crippen molar-refractivity contribution < 1.29 is 14.3 Å². The number of esters is 1. The number of ether oxygens (including phenoxy) is 1. The maximum absolute atomic E-state index is 12.1. The van der Waals surface area contributed by atoms with Crippen LogP contribution in [-0.4, -0.2) is 12.3 Å². The summed E-state index contributed by atoms with van der Waals surface area (Å²) in [6, 6.07) is 9.63. The van der Waals surface area contributed by atoms with Crippen LogP contribution < -0.4 is 0 Å². The SMILES string of the molecule is C/C(C=O)=C/C1C(C(=O)OCc2ccccc2)C1(C)C. The largest absolute Gasteiger partial charge is 0.461 e. The van der Waals surface area contributed by atoms with E-state index in [1.54, 1.807) is 6.92 Å². The Hall–Kier alpha value is -1.90. The van der Waals surface area contributed by atoms with Crippen molar-refractivity contribution in [2.24, 2.45) is 17.3 Å². The highest BCUT2D eigenvalue weighted by Gasteiger charge is 2.61. The Labute approximate surface area is 119 Å². The normalized spacial score (nSPS) is 24.1. The Kier molecular flexibility index (Phi) is 4.07. The van der Waals surface area contributed by atoms with Gasteiger partial charge < -0.3 is 4.74 Å². The van der Waals surface area contributed by atoms with Crippen molar-refractivity contribution >= 4 is 12.3 Å². The highest BCUT2D eigenvalue weighted by atomic mass is 16.5. The molecule has 1 fully saturated rings. The first-order chi connectivity index (χ1) is 9.46. The molecule has 1 aliphatic rings. The minimum Gasteiger partial charge on any atom is -0.461 e. The van der Waals surface area contributed by atoms with Crippen molar-refractivity contribution in [3.05, 3.63) is 47.5 Å². The third-order valence-corrected chi connectivity index (χ3v) is 4.02. The van der Waals surface area contributed by atoms with E-state index >= 15 is 0 Å². The van der Waals surface area contributed by atoms with Crippen LogP contribution in [0, 0.1) is 17.3 Å². The average Bonchev–Trinajstić information content (AvgIpc) is 2.98.